The number of benzene rings is 1. The number of nitrogens with zero attached hydrogens (tertiary/aromatic N) is 2. The summed E-state index contributed by atoms with van der Waals surface area (Å²) in [4.78, 5) is 11.6. The molecule has 22 heavy (non-hydrogen) atoms. The summed E-state index contributed by atoms with van der Waals surface area (Å²) in [6.45, 7) is 0.130. The molecular weight excluding hydrogens is 310 g/mol. The summed E-state index contributed by atoms with van der Waals surface area (Å²) in [5.74, 6) is 0.448. The average molecular weight is 325 g/mol. The molecule has 2 rings (SSSR count). The maximum atomic E-state index is 11.6. The number of nitrogens with one attached hydrogen (secondary N) is 1. The van der Waals surface area contributed by atoms with Crippen molar-refractivity contribution in [3.05, 3.63) is 36.2 Å². The number of aromatic nitrogens is 2. The lowest BCUT2D eigenvalue weighted by atomic mass is 10.3. The van der Waals surface area contributed by atoms with Crippen molar-refractivity contribution in [2.24, 2.45) is 0 Å². The lowest BCUT2D eigenvalue weighted by Gasteiger charge is -2.06. The van der Waals surface area contributed by atoms with Crippen LogP contribution in [0.1, 0.15) is 5.89 Å². The minimum atomic E-state index is -3.51. The Morgan fingerprint density at radius 1 is 1.27 bits per heavy atom. The van der Waals surface area contributed by atoms with Gasteiger partial charge in [0.05, 0.1) is 0 Å². The zero-order valence-electron chi connectivity index (χ0n) is 11.9. The van der Waals surface area contributed by atoms with Crippen molar-refractivity contribution in [2.45, 2.75) is 11.6 Å². The van der Waals surface area contributed by atoms with E-state index in [0.717, 1.165) is 6.26 Å². The molecule has 8 nitrogen and oxygen atoms in total. The third kappa shape index (κ3) is 4.85. The SMILES string of the molecule is CS(=O)(=O)c1nnc(CCNC(=O)COc2ccccc2)o1. The average Bonchev–Trinajstić information content (AvgIpc) is 2.95. The van der Waals surface area contributed by atoms with Gasteiger partial charge in [0.1, 0.15) is 5.75 Å². The second-order valence-electron chi connectivity index (χ2n) is 4.44. The smallest absolute Gasteiger partial charge is 0.335 e. The molecular formula is C13H15N3O5S. The highest BCUT2D eigenvalue weighted by atomic mass is 32.2. The van der Waals surface area contributed by atoms with Gasteiger partial charge in [-0.25, -0.2) is 8.42 Å². The minimum absolute atomic E-state index is 0.109. The number of carbonyl (C=O) groups excluding carboxylic acids is 1. The summed E-state index contributed by atoms with van der Waals surface area (Å²) in [5, 5.41) is 9.19. The van der Waals surface area contributed by atoms with Crippen molar-refractivity contribution in [3.63, 3.8) is 0 Å². The number of amides is 1. The monoisotopic (exact) mass is 325 g/mol. The molecule has 0 aliphatic heterocycles. The van der Waals surface area contributed by atoms with Crippen molar-refractivity contribution in [2.75, 3.05) is 19.4 Å². The second-order valence-corrected chi connectivity index (χ2v) is 6.33. The molecule has 1 amide bonds. The summed E-state index contributed by atoms with van der Waals surface area (Å²) < 4.78 is 32.6. The number of ether oxygens (including phenoxy) is 1. The van der Waals surface area contributed by atoms with Crippen molar-refractivity contribution in [1.82, 2.24) is 15.5 Å². The standard InChI is InChI=1S/C13H15N3O5S/c1-22(18,19)13-16-15-12(21-13)7-8-14-11(17)9-20-10-5-3-2-4-6-10/h2-6H,7-9H2,1H3,(H,14,17). The predicted molar refractivity (Wildman–Crippen MR) is 76.1 cm³/mol. The summed E-state index contributed by atoms with van der Waals surface area (Å²) in [7, 11) is -3.51. The lowest BCUT2D eigenvalue weighted by molar-refractivity contribution is -0.123. The van der Waals surface area contributed by atoms with Gasteiger partial charge >= 0.3 is 5.22 Å². The molecule has 0 bridgehead atoms. The Morgan fingerprint density at radius 2 is 2.00 bits per heavy atom. The first-order valence-electron chi connectivity index (χ1n) is 6.42. The molecule has 118 valence electrons. The third-order valence-electron chi connectivity index (χ3n) is 2.54. The van der Waals surface area contributed by atoms with E-state index in [-0.39, 0.29) is 31.4 Å². The number of carbonyl (C=O) groups is 1. The molecule has 2 aromatic rings. The molecule has 1 aromatic heterocycles. The Bertz CT molecular complexity index is 727. The molecule has 9 heteroatoms. The second kappa shape index (κ2) is 7.03. The van der Waals surface area contributed by atoms with E-state index >= 15 is 0 Å². The molecule has 0 aliphatic rings. The van der Waals surface area contributed by atoms with Crippen LogP contribution in [0.25, 0.3) is 0 Å². The molecule has 0 radical (unpaired) electrons. The van der Waals surface area contributed by atoms with E-state index in [1.807, 2.05) is 18.2 Å². The summed E-state index contributed by atoms with van der Waals surface area (Å²) in [6, 6.07) is 8.96. The van der Waals surface area contributed by atoms with Gasteiger partial charge in [-0.05, 0) is 12.1 Å². The lowest BCUT2D eigenvalue weighted by Crippen LogP contribution is -2.30. The highest BCUT2D eigenvalue weighted by Crippen LogP contribution is 2.08. The maximum absolute atomic E-state index is 11.6. The van der Waals surface area contributed by atoms with E-state index in [2.05, 4.69) is 15.5 Å². The number of hydrogen-bond donors (Lipinski definition) is 1. The Morgan fingerprint density at radius 3 is 2.64 bits per heavy atom. The Labute approximate surface area is 127 Å². The molecule has 0 fully saturated rings. The highest BCUT2D eigenvalue weighted by Gasteiger charge is 2.16. The van der Waals surface area contributed by atoms with E-state index < -0.39 is 15.1 Å². The van der Waals surface area contributed by atoms with Crippen molar-refractivity contribution in [1.29, 1.82) is 0 Å². The zero-order chi connectivity index (χ0) is 16.0. The third-order valence-corrected chi connectivity index (χ3v) is 3.34. The molecule has 0 saturated heterocycles. The summed E-state index contributed by atoms with van der Waals surface area (Å²) in [6.07, 6.45) is 1.21. The number of sulfone groups is 1. The van der Waals surface area contributed by atoms with Crippen LogP contribution < -0.4 is 10.1 Å². The van der Waals surface area contributed by atoms with Gasteiger partial charge in [-0.15, -0.1) is 5.10 Å². The van der Waals surface area contributed by atoms with Crippen molar-refractivity contribution < 1.29 is 22.4 Å². The minimum Gasteiger partial charge on any atom is -0.484 e. The van der Waals surface area contributed by atoms with E-state index in [1.54, 1.807) is 12.1 Å². The molecule has 0 spiro atoms. The van der Waals surface area contributed by atoms with Crippen LogP contribution in [0.2, 0.25) is 0 Å². The largest absolute Gasteiger partial charge is 0.484 e. The Balaban J connectivity index is 1.72. The highest BCUT2D eigenvalue weighted by molar-refractivity contribution is 7.90. The predicted octanol–water partition coefficient (Wildman–Crippen LogP) is 0.211. The number of rotatable bonds is 7. The summed E-state index contributed by atoms with van der Waals surface area (Å²) in [5.41, 5.74) is 0. The topological polar surface area (TPSA) is 111 Å². The normalized spacial score (nSPS) is 11.1. The fraction of sp³-hybridized carbons (Fsp3) is 0.308. The van der Waals surface area contributed by atoms with Crippen LogP contribution in [-0.2, 0) is 21.1 Å². The van der Waals surface area contributed by atoms with Gasteiger partial charge in [0.25, 0.3) is 5.91 Å². The molecule has 0 unspecified atom stereocenters. The van der Waals surface area contributed by atoms with Crippen molar-refractivity contribution >= 4 is 15.7 Å². The molecule has 0 saturated carbocycles. The Kier molecular flexibility index (Phi) is 5.10. The first-order valence-corrected chi connectivity index (χ1v) is 8.31. The van der Waals surface area contributed by atoms with Gasteiger partial charge < -0.3 is 14.5 Å². The molecule has 0 aliphatic carbocycles. The Hall–Kier alpha value is -2.42. The van der Waals surface area contributed by atoms with E-state index in [1.165, 1.54) is 0 Å². The molecule has 1 aromatic carbocycles. The molecule has 0 atom stereocenters. The maximum Gasteiger partial charge on any atom is 0.335 e. The van der Waals surface area contributed by atoms with Crippen LogP contribution in [0.5, 0.6) is 5.75 Å². The zero-order valence-corrected chi connectivity index (χ0v) is 12.7. The molecule has 1 N–H and O–H groups in total. The number of para-hydroxylation sites is 1. The van der Waals surface area contributed by atoms with Gasteiger partial charge in [-0.2, -0.15) is 0 Å². The van der Waals surface area contributed by atoms with E-state index in [4.69, 9.17) is 9.15 Å². The van der Waals surface area contributed by atoms with Gasteiger partial charge in [0.2, 0.25) is 15.7 Å². The molecule has 1 heterocycles. The van der Waals surface area contributed by atoms with Crippen LogP contribution >= 0.6 is 0 Å². The number of hydrogen-bond acceptors (Lipinski definition) is 7. The van der Waals surface area contributed by atoms with Crippen molar-refractivity contribution in [3.8, 4) is 5.75 Å². The van der Waals surface area contributed by atoms with Crippen LogP contribution in [-0.4, -0.2) is 43.9 Å². The van der Waals surface area contributed by atoms with E-state index in [9.17, 15) is 13.2 Å². The van der Waals surface area contributed by atoms with Crippen LogP contribution in [0, 0.1) is 0 Å². The van der Waals surface area contributed by atoms with Gasteiger partial charge in [-0.1, -0.05) is 23.3 Å². The quantitative estimate of drug-likeness (QED) is 0.774. The van der Waals surface area contributed by atoms with E-state index in [0.29, 0.717) is 5.75 Å². The first-order chi connectivity index (χ1) is 10.4. The fourth-order valence-corrected chi connectivity index (χ4v) is 1.95. The van der Waals surface area contributed by atoms with Crippen LogP contribution in [0.4, 0.5) is 0 Å². The van der Waals surface area contributed by atoms with Gasteiger partial charge in [-0.3, -0.25) is 4.79 Å². The fourth-order valence-electron chi connectivity index (χ4n) is 1.51. The van der Waals surface area contributed by atoms with Gasteiger partial charge in [0.15, 0.2) is 6.61 Å². The van der Waals surface area contributed by atoms with Crippen LogP contribution in [0.3, 0.4) is 0 Å². The summed E-state index contributed by atoms with van der Waals surface area (Å²) >= 11 is 0. The van der Waals surface area contributed by atoms with Gasteiger partial charge in [0, 0.05) is 19.2 Å². The van der Waals surface area contributed by atoms with Crippen LogP contribution in [0.15, 0.2) is 40.0 Å². The first kappa shape index (κ1) is 16.0.